The Kier molecular flexibility index (Phi) is 5.41. The molecule has 10 atom stereocenters. The fourth-order valence-corrected chi connectivity index (χ4v) is 9.12. The van der Waals surface area contributed by atoms with Crippen LogP contribution in [0.1, 0.15) is 72.6 Å². The quantitative estimate of drug-likeness (QED) is 0.661. The summed E-state index contributed by atoms with van der Waals surface area (Å²) < 4.78 is 11.8. The minimum atomic E-state index is -0.331. The van der Waals surface area contributed by atoms with Gasteiger partial charge in [-0.25, -0.2) is 0 Å². The van der Waals surface area contributed by atoms with Crippen molar-refractivity contribution in [2.45, 2.75) is 91.1 Å². The summed E-state index contributed by atoms with van der Waals surface area (Å²) in [5.74, 6) is 2.73. The molecule has 1 aliphatic heterocycles. The largest absolute Gasteiger partial charge is 0.392 e. The van der Waals surface area contributed by atoms with Crippen LogP contribution < -0.4 is 0 Å². The average molecular weight is 419 g/mol. The molecule has 4 heteroatoms. The minimum absolute atomic E-state index is 0.0464. The molecule has 0 bridgehead atoms. The van der Waals surface area contributed by atoms with Gasteiger partial charge < -0.3 is 19.7 Å². The number of hydrogen-bond acceptors (Lipinski definition) is 4. The highest BCUT2D eigenvalue weighted by atomic mass is 16.7. The van der Waals surface area contributed by atoms with Crippen LogP contribution in [0, 0.1) is 46.3 Å². The summed E-state index contributed by atoms with van der Waals surface area (Å²) in [5.41, 5.74) is 1.78. The van der Waals surface area contributed by atoms with Crippen LogP contribution in [-0.4, -0.2) is 41.9 Å². The molecule has 0 aromatic rings. The van der Waals surface area contributed by atoms with Crippen molar-refractivity contribution in [3.63, 3.8) is 0 Å². The van der Waals surface area contributed by atoms with E-state index in [2.05, 4.69) is 33.8 Å². The second-order valence-corrected chi connectivity index (χ2v) is 11.6. The van der Waals surface area contributed by atoms with Crippen LogP contribution in [0.25, 0.3) is 0 Å². The molecule has 0 spiro atoms. The molecular formula is C26H42O4. The number of rotatable bonds is 3. The monoisotopic (exact) mass is 418 g/mol. The molecular weight excluding hydrogens is 376 g/mol. The van der Waals surface area contributed by atoms with Gasteiger partial charge in [-0.15, -0.1) is 0 Å². The van der Waals surface area contributed by atoms with Crippen LogP contribution in [0.3, 0.4) is 0 Å². The fraction of sp³-hybridized carbons (Fsp3) is 0.923. The van der Waals surface area contributed by atoms with E-state index in [0.717, 1.165) is 32.5 Å². The zero-order chi connectivity index (χ0) is 21.3. The molecule has 1 saturated heterocycles. The van der Waals surface area contributed by atoms with Gasteiger partial charge in [0.05, 0.1) is 25.4 Å². The van der Waals surface area contributed by atoms with E-state index in [-0.39, 0.29) is 35.2 Å². The Bertz CT molecular complexity index is 685. The standard InChI is InChI=1S/C26H42O4/c1-5-17-21-14-16(27)8-10-26(21,4)20-9-11-25(3)18(15(2)24-29-12-13-30-24)6-7-19(25)22(20)23(17)28/h14-20,22-24,27-28H,5-13H2,1-4H3/t15-,16?,17-,18+,19?,20?,22?,23+,25+,26+/m0/s1. The van der Waals surface area contributed by atoms with E-state index in [1.165, 1.54) is 31.3 Å². The molecule has 3 saturated carbocycles. The van der Waals surface area contributed by atoms with Crippen molar-refractivity contribution in [1.82, 2.24) is 0 Å². The highest BCUT2D eigenvalue weighted by Crippen LogP contribution is 2.68. The summed E-state index contributed by atoms with van der Waals surface area (Å²) in [6.07, 6.45) is 9.27. The van der Waals surface area contributed by atoms with Gasteiger partial charge in [0.15, 0.2) is 6.29 Å². The lowest BCUT2D eigenvalue weighted by molar-refractivity contribution is -0.151. The molecule has 4 nitrogen and oxygen atoms in total. The average Bonchev–Trinajstić information content (AvgIpc) is 3.37. The van der Waals surface area contributed by atoms with E-state index in [1.807, 2.05) is 0 Å². The third-order valence-electron chi connectivity index (χ3n) is 10.6. The molecule has 30 heavy (non-hydrogen) atoms. The van der Waals surface area contributed by atoms with Gasteiger partial charge in [-0.2, -0.15) is 0 Å². The fourth-order valence-electron chi connectivity index (χ4n) is 9.12. The lowest BCUT2D eigenvalue weighted by Gasteiger charge is -2.62. The SMILES string of the molecule is CC[C@H]1C2=CC(O)CC[C@]2(C)C2CC[C@@]3(C)C(CC[C@@H]3[C@H](C)C3OCCO3)C2[C@@H]1O. The van der Waals surface area contributed by atoms with Crippen LogP contribution in [-0.2, 0) is 9.47 Å². The van der Waals surface area contributed by atoms with Crippen molar-refractivity contribution in [2.24, 2.45) is 46.3 Å². The van der Waals surface area contributed by atoms with E-state index >= 15 is 0 Å². The summed E-state index contributed by atoms with van der Waals surface area (Å²) in [6, 6.07) is 0. The van der Waals surface area contributed by atoms with Gasteiger partial charge in [-0.1, -0.05) is 39.3 Å². The smallest absolute Gasteiger partial charge is 0.160 e. The maximum absolute atomic E-state index is 11.7. The lowest BCUT2D eigenvalue weighted by atomic mass is 9.43. The molecule has 0 aromatic heterocycles. The molecule has 4 aliphatic carbocycles. The van der Waals surface area contributed by atoms with Gasteiger partial charge in [-0.3, -0.25) is 0 Å². The predicted octanol–water partition coefficient (Wildman–Crippen LogP) is 4.54. The van der Waals surface area contributed by atoms with Crippen LogP contribution in [0.15, 0.2) is 11.6 Å². The molecule has 4 fully saturated rings. The Balaban J connectivity index is 1.48. The first-order valence-corrected chi connectivity index (χ1v) is 12.6. The molecule has 5 aliphatic rings. The molecule has 0 radical (unpaired) electrons. The van der Waals surface area contributed by atoms with Crippen molar-refractivity contribution in [3.8, 4) is 0 Å². The zero-order valence-electron chi connectivity index (χ0n) is 19.3. The van der Waals surface area contributed by atoms with Crippen LogP contribution >= 0.6 is 0 Å². The Labute approximate surface area is 182 Å². The summed E-state index contributed by atoms with van der Waals surface area (Å²) in [6.45, 7) is 11.0. The van der Waals surface area contributed by atoms with E-state index < -0.39 is 0 Å². The summed E-state index contributed by atoms with van der Waals surface area (Å²) in [4.78, 5) is 0. The van der Waals surface area contributed by atoms with E-state index in [4.69, 9.17) is 9.47 Å². The highest BCUT2D eigenvalue weighted by molar-refractivity contribution is 5.30. The lowest BCUT2D eigenvalue weighted by Crippen LogP contribution is -2.59. The molecule has 4 unspecified atom stereocenters. The number of aliphatic hydroxyl groups is 2. The van der Waals surface area contributed by atoms with Gasteiger partial charge >= 0.3 is 0 Å². The van der Waals surface area contributed by atoms with Gasteiger partial charge in [0.25, 0.3) is 0 Å². The maximum atomic E-state index is 11.7. The first kappa shape index (κ1) is 21.4. The number of fused-ring (bicyclic) bond motifs is 5. The second kappa shape index (κ2) is 7.57. The molecule has 2 N–H and O–H groups in total. The Hall–Kier alpha value is -0.420. The summed E-state index contributed by atoms with van der Waals surface area (Å²) in [5, 5.41) is 22.1. The van der Waals surface area contributed by atoms with Crippen molar-refractivity contribution in [1.29, 1.82) is 0 Å². The van der Waals surface area contributed by atoms with Crippen molar-refractivity contribution < 1.29 is 19.7 Å². The van der Waals surface area contributed by atoms with Gasteiger partial charge in [-0.05, 0) is 79.4 Å². The summed E-state index contributed by atoms with van der Waals surface area (Å²) >= 11 is 0. The highest BCUT2D eigenvalue weighted by Gasteiger charge is 2.63. The van der Waals surface area contributed by atoms with Crippen LogP contribution in [0.5, 0.6) is 0 Å². The number of ether oxygens (including phenoxy) is 2. The van der Waals surface area contributed by atoms with Crippen LogP contribution in [0.4, 0.5) is 0 Å². The minimum Gasteiger partial charge on any atom is -0.392 e. The van der Waals surface area contributed by atoms with Crippen molar-refractivity contribution >= 4 is 0 Å². The van der Waals surface area contributed by atoms with Crippen molar-refractivity contribution in [2.75, 3.05) is 13.2 Å². The van der Waals surface area contributed by atoms with Crippen LogP contribution in [0.2, 0.25) is 0 Å². The second-order valence-electron chi connectivity index (χ2n) is 11.6. The van der Waals surface area contributed by atoms with E-state index in [1.54, 1.807) is 0 Å². The van der Waals surface area contributed by atoms with Crippen molar-refractivity contribution in [3.05, 3.63) is 11.6 Å². The number of aliphatic hydroxyl groups excluding tert-OH is 2. The van der Waals surface area contributed by atoms with Gasteiger partial charge in [0.1, 0.15) is 0 Å². The third-order valence-corrected chi connectivity index (χ3v) is 10.6. The molecule has 1 heterocycles. The topological polar surface area (TPSA) is 58.9 Å². The molecule has 0 amide bonds. The third kappa shape index (κ3) is 2.93. The Morgan fingerprint density at radius 3 is 2.47 bits per heavy atom. The first-order chi connectivity index (χ1) is 14.3. The zero-order valence-corrected chi connectivity index (χ0v) is 19.3. The maximum Gasteiger partial charge on any atom is 0.160 e. The van der Waals surface area contributed by atoms with E-state index in [9.17, 15) is 10.2 Å². The van der Waals surface area contributed by atoms with Gasteiger partial charge in [0.2, 0.25) is 0 Å². The Morgan fingerprint density at radius 2 is 1.77 bits per heavy atom. The van der Waals surface area contributed by atoms with Gasteiger partial charge in [0, 0.05) is 11.8 Å². The van der Waals surface area contributed by atoms with E-state index in [0.29, 0.717) is 29.6 Å². The Morgan fingerprint density at radius 1 is 1.03 bits per heavy atom. The summed E-state index contributed by atoms with van der Waals surface area (Å²) in [7, 11) is 0. The normalized spacial score (nSPS) is 52.3. The molecule has 5 rings (SSSR count). The number of hydrogen-bond donors (Lipinski definition) is 2. The molecule has 0 aromatic carbocycles. The first-order valence-electron chi connectivity index (χ1n) is 12.6. The predicted molar refractivity (Wildman–Crippen MR) is 117 cm³/mol. The molecule has 170 valence electrons.